The van der Waals surface area contributed by atoms with E-state index in [1.165, 1.54) is 31.4 Å². The van der Waals surface area contributed by atoms with Gasteiger partial charge in [-0.05, 0) is 44.4 Å². The fraction of sp³-hybridized carbons (Fsp3) is 0.357. The first-order valence-electron chi connectivity index (χ1n) is 12.0. The summed E-state index contributed by atoms with van der Waals surface area (Å²) < 4.78 is 7.64. The van der Waals surface area contributed by atoms with Crippen LogP contribution in [-0.4, -0.2) is 52.6 Å². The topological polar surface area (TPSA) is 113 Å². The molecule has 4 N–H and O–H groups in total. The number of nitrogens with zero attached hydrogens (tertiary/aromatic N) is 1. The molecule has 39 heavy (non-hydrogen) atoms. The van der Waals surface area contributed by atoms with Gasteiger partial charge in [0.2, 0.25) is 0 Å². The number of benzene rings is 2. The molecule has 206 valence electrons. The summed E-state index contributed by atoms with van der Waals surface area (Å²) in [4.78, 5) is 22.0. The Morgan fingerprint density at radius 3 is 2.62 bits per heavy atom. The number of nitrogens with two attached hydrogens (primary N) is 1. The number of rotatable bonds is 8. The number of piperidine rings is 1. The van der Waals surface area contributed by atoms with E-state index in [1.54, 1.807) is 24.3 Å². The molecule has 2 aromatic carbocycles. The molecule has 0 saturated carbocycles. The predicted octanol–water partition coefficient (Wildman–Crippen LogP) is 3.44. The summed E-state index contributed by atoms with van der Waals surface area (Å²) in [6.45, 7) is 5.66. The second-order valence-corrected chi connectivity index (χ2v) is 11.3. The molecule has 0 spiro atoms. The molecule has 1 aliphatic rings. The third-order valence-electron chi connectivity index (χ3n) is 5.68. The van der Waals surface area contributed by atoms with Crippen molar-refractivity contribution in [3.63, 3.8) is 0 Å². The van der Waals surface area contributed by atoms with E-state index < -0.39 is 5.97 Å². The van der Waals surface area contributed by atoms with Gasteiger partial charge in [-0.25, -0.2) is 9.10 Å². The number of aromatic carboxylic acids is 1. The van der Waals surface area contributed by atoms with Crippen LogP contribution in [0.15, 0.2) is 48.5 Å². The predicted molar refractivity (Wildman–Crippen MR) is 157 cm³/mol. The number of thiophene rings is 1. The maximum atomic E-state index is 11.2. The number of aliphatic hydroxyl groups excluding tert-OH is 1. The van der Waals surface area contributed by atoms with E-state index in [-0.39, 0.29) is 51.8 Å². The molecule has 2 heterocycles. The van der Waals surface area contributed by atoms with Crippen LogP contribution in [0.5, 0.6) is 5.75 Å². The Labute approximate surface area is 266 Å². The van der Waals surface area contributed by atoms with Crippen molar-refractivity contribution in [3.8, 4) is 16.2 Å². The van der Waals surface area contributed by atoms with Gasteiger partial charge in [0.25, 0.3) is 0 Å². The standard InChI is InChI=1S/C14H22N2S.C13H8ClO4S.CH4O.Na/c1-14(2)8-3-4-9-16(14)17-11-12-6-5-7-13(15)10-12;14-9-10(18-7-6-15)12(13(16)17)19-11(9)8-4-2-1-3-5-8;1-2;/h5-7,10H,3-4,8-9,11,15H2,1-2H3;1-2,4-6H,7H2,(H,16,17);2H,1H3;/q;-1;;+1. The van der Waals surface area contributed by atoms with Crippen molar-refractivity contribution in [2.75, 3.05) is 26.0 Å². The molecule has 0 bridgehead atoms. The Hall–Kier alpha value is -1.56. The van der Waals surface area contributed by atoms with Gasteiger partial charge in [0.1, 0.15) is 6.61 Å². The summed E-state index contributed by atoms with van der Waals surface area (Å²) in [5.41, 5.74) is 9.06. The van der Waals surface area contributed by atoms with Crippen LogP contribution in [0.3, 0.4) is 0 Å². The van der Waals surface area contributed by atoms with Gasteiger partial charge in [-0.1, -0.05) is 42.1 Å². The van der Waals surface area contributed by atoms with E-state index in [1.807, 2.05) is 24.1 Å². The Bertz CT molecular complexity index is 1180. The number of hydrogen-bond acceptors (Lipinski definition) is 8. The van der Waals surface area contributed by atoms with E-state index in [2.05, 4.69) is 36.4 Å². The minimum atomic E-state index is -1.14. The number of halogens is 1. The molecule has 1 aromatic heterocycles. The summed E-state index contributed by atoms with van der Waals surface area (Å²) in [5, 5.41) is 16.3. The van der Waals surface area contributed by atoms with Crippen molar-refractivity contribution < 1.29 is 54.1 Å². The van der Waals surface area contributed by atoms with E-state index >= 15 is 0 Å². The molecule has 0 unspecified atom stereocenters. The van der Waals surface area contributed by atoms with Crippen molar-refractivity contribution in [1.82, 2.24) is 4.31 Å². The van der Waals surface area contributed by atoms with Gasteiger partial charge in [0.05, 0.1) is 5.02 Å². The maximum absolute atomic E-state index is 11.2. The first kappa shape index (κ1) is 35.5. The number of aldehydes is 1. The van der Waals surface area contributed by atoms with Crippen LogP contribution in [0.4, 0.5) is 5.69 Å². The number of aliphatic hydroxyl groups is 1. The fourth-order valence-corrected chi connectivity index (χ4v) is 6.40. The summed E-state index contributed by atoms with van der Waals surface area (Å²) in [6, 6.07) is 18.1. The molecule has 0 aliphatic carbocycles. The number of carboxylic acids is 1. The Morgan fingerprint density at radius 2 is 2.03 bits per heavy atom. The maximum Gasteiger partial charge on any atom is 1.00 e. The molecule has 4 rings (SSSR count). The van der Waals surface area contributed by atoms with Gasteiger partial charge in [0, 0.05) is 35.5 Å². The van der Waals surface area contributed by atoms with Crippen molar-refractivity contribution in [1.29, 1.82) is 0 Å². The zero-order valence-corrected chi connectivity index (χ0v) is 27.2. The number of anilines is 1. The zero-order chi connectivity index (χ0) is 28.1. The van der Waals surface area contributed by atoms with Crippen molar-refractivity contribution in [3.05, 3.63) is 70.1 Å². The number of ether oxygens (including phenoxy) is 1. The summed E-state index contributed by atoms with van der Waals surface area (Å²) in [5.74, 6) is -0.0850. The quantitative estimate of drug-likeness (QED) is 0.119. The van der Waals surface area contributed by atoms with E-state index in [0.29, 0.717) is 16.7 Å². The van der Waals surface area contributed by atoms with Gasteiger partial charge in [-0.2, -0.15) is 30.3 Å². The van der Waals surface area contributed by atoms with E-state index in [9.17, 15) is 9.59 Å². The second kappa shape index (κ2) is 18.0. The number of carbonyl (C=O) groups excluding carboxylic acids is 1. The average molecular weight is 601 g/mol. The van der Waals surface area contributed by atoms with Gasteiger partial charge >= 0.3 is 35.5 Å². The Morgan fingerprint density at radius 1 is 1.28 bits per heavy atom. The minimum Gasteiger partial charge on any atom is -0.483 e. The van der Waals surface area contributed by atoms with E-state index in [0.717, 1.165) is 35.5 Å². The van der Waals surface area contributed by atoms with Gasteiger partial charge in [-0.3, -0.25) is 4.79 Å². The van der Waals surface area contributed by atoms with Crippen LogP contribution < -0.4 is 40.0 Å². The monoisotopic (exact) mass is 600 g/mol. The largest absolute Gasteiger partial charge is 1.00 e. The molecule has 1 aliphatic heterocycles. The molecule has 1 fully saturated rings. The Balaban J connectivity index is 0.000000360. The molecule has 3 aromatic rings. The summed E-state index contributed by atoms with van der Waals surface area (Å²) in [6.07, 6.45) is 4.53. The molecule has 0 amide bonds. The Kier molecular flexibility index (Phi) is 16.4. The first-order valence-corrected chi connectivity index (χ1v) is 14.1. The SMILES string of the molecule is CC1(C)CCCCN1SCc1cccc(N)c1.CO.O=CCOc1c(C(=O)O)sc(-c2c[c-]ccc2)c1Cl.[Na+]. The van der Waals surface area contributed by atoms with Crippen LogP contribution in [0.25, 0.3) is 10.4 Å². The molecular weight excluding hydrogens is 567 g/mol. The van der Waals surface area contributed by atoms with Crippen LogP contribution in [0.1, 0.15) is 48.3 Å². The van der Waals surface area contributed by atoms with Gasteiger partial charge in [0.15, 0.2) is 16.9 Å². The van der Waals surface area contributed by atoms with Crippen LogP contribution >= 0.6 is 34.9 Å². The molecule has 1 saturated heterocycles. The zero-order valence-electron chi connectivity index (χ0n) is 22.8. The molecule has 0 atom stereocenters. The first-order chi connectivity index (χ1) is 18.2. The van der Waals surface area contributed by atoms with Crippen molar-refractivity contribution >= 4 is 52.8 Å². The molecule has 7 nitrogen and oxygen atoms in total. The van der Waals surface area contributed by atoms with Crippen LogP contribution in [0.2, 0.25) is 5.02 Å². The third-order valence-corrected chi connectivity index (χ3v) is 8.81. The van der Waals surface area contributed by atoms with Gasteiger partial charge in [-0.15, -0.1) is 16.9 Å². The summed E-state index contributed by atoms with van der Waals surface area (Å²) in [7, 11) is 1.00. The normalized spacial score (nSPS) is 14.0. The van der Waals surface area contributed by atoms with Gasteiger partial charge < -0.3 is 20.7 Å². The second-order valence-electron chi connectivity index (χ2n) is 8.87. The van der Waals surface area contributed by atoms with Crippen molar-refractivity contribution in [2.45, 2.75) is 44.4 Å². The number of carbonyl (C=O) groups is 2. The number of carboxylic acid groups (broad SMARTS) is 1. The van der Waals surface area contributed by atoms with Crippen LogP contribution in [-0.2, 0) is 10.5 Å². The number of hydrogen-bond donors (Lipinski definition) is 3. The fourth-order valence-electron chi connectivity index (χ4n) is 3.82. The average Bonchev–Trinajstić information content (AvgIpc) is 3.25. The molecule has 11 heteroatoms. The summed E-state index contributed by atoms with van der Waals surface area (Å²) >= 11 is 9.09. The third kappa shape index (κ3) is 10.7. The number of nitrogen functional groups attached to an aromatic ring is 1. The van der Waals surface area contributed by atoms with Crippen molar-refractivity contribution in [2.24, 2.45) is 0 Å². The minimum absolute atomic E-state index is 0. The van der Waals surface area contributed by atoms with Crippen LogP contribution in [0, 0.1) is 6.07 Å². The van der Waals surface area contributed by atoms with E-state index in [4.69, 9.17) is 32.3 Å². The smallest absolute Gasteiger partial charge is 0.483 e. The molecular formula is C28H34ClN2NaO5S2. The molecule has 0 radical (unpaired) electrons.